The maximum absolute atomic E-state index is 4.39. The molecule has 1 fully saturated rings. The molecule has 3 heteroatoms. The van der Waals surface area contributed by atoms with Crippen molar-refractivity contribution >= 4 is 24.9 Å². The first-order valence-electron chi connectivity index (χ1n) is 4.98. The van der Waals surface area contributed by atoms with E-state index in [2.05, 4.69) is 9.97 Å². The van der Waals surface area contributed by atoms with Crippen molar-refractivity contribution < 1.29 is 0 Å². The quantitative estimate of drug-likeness (QED) is 0.769. The van der Waals surface area contributed by atoms with Gasteiger partial charge in [-0.3, -0.25) is 0 Å². The van der Waals surface area contributed by atoms with E-state index in [0.717, 1.165) is 3.93 Å². The van der Waals surface area contributed by atoms with Gasteiger partial charge in [0.1, 0.15) is 0 Å². The zero-order valence-corrected chi connectivity index (χ0v) is 10.6. The minimum atomic E-state index is -0.414. The van der Waals surface area contributed by atoms with Gasteiger partial charge >= 0.3 is 89.4 Å². The summed E-state index contributed by atoms with van der Waals surface area (Å²) in [5.74, 6) is 0. The van der Waals surface area contributed by atoms with Crippen LogP contribution in [0.3, 0.4) is 0 Å². The van der Waals surface area contributed by atoms with Gasteiger partial charge in [-0.2, -0.15) is 0 Å². The predicted octanol–water partition coefficient (Wildman–Crippen LogP) is 1.56. The third-order valence-corrected chi connectivity index (χ3v) is 6.91. The molecule has 2 radical (unpaired) electrons. The second-order valence-corrected chi connectivity index (χ2v) is 8.19. The van der Waals surface area contributed by atoms with Crippen LogP contribution in [0.2, 0.25) is 3.93 Å². The molecule has 1 saturated carbocycles. The van der Waals surface area contributed by atoms with E-state index in [1.54, 1.807) is 6.20 Å². The average molecular weight is 281 g/mol. The second kappa shape index (κ2) is 4.93. The molecule has 1 heterocycles. The summed E-state index contributed by atoms with van der Waals surface area (Å²) in [5, 5.41) is 0. The van der Waals surface area contributed by atoms with Gasteiger partial charge in [0.05, 0.1) is 0 Å². The van der Waals surface area contributed by atoms with Crippen LogP contribution in [0.5, 0.6) is 0 Å². The monoisotopic (exact) mass is 282 g/mol. The van der Waals surface area contributed by atoms with E-state index in [9.17, 15) is 0 Å². The Balaban J connectivity index is 1.90. The van der Waals surface area contributed by atoms with Crippen LogP contribution in [0.1, 0.15) is 32.1 Å². The van der Waals surface area contributed by atoms with Crippen molar-refractivity contribution in [3.05, 3.63) is 18.6 Å². The van der Waals surface area contributed by atoms with E-state index in [0.29, 0.717) is 0 Å². The van der Waals surface area contributed by atoms with Gasteiger partial charge in [-0.1, -0.05) is 0 Å². The second-order valence-electron chi connectivity index (χ2n) is 3.57. The molecule has 2 nitrogen and oxygen atoms in total. The van der Waals surface area contributed by atoms with Gasteiger partial charge in [-0.25, -0.2) is 0 Å². The Hall–Kier alpha value is -0.121. The van der Waals surface area contributed by atoms with E-state index in [1.165, 1.54) is 35.8 Å². The Morgan fingerprint density at radius 3 is 2.69 bits per heavy atom. The van der Waals surface area contributed by atoms with Crippen molar-refractivity contribution in [2.75, 3.05) is 0 Å². The molecule has 0 aliphatic heterocycles. The fourth-order valence-electron chi connectivity index (χ4n) is 1.83. The molecular formula is C10H14N2Sn. The van der Waals surface area contributed by atoms with Crippen molar-refractivity contribution in [1.29, 1.82) is 0 Å². The Labute approximate surface area is 89.4 Å². The Kier molecular flexibility index (Phi) is 3.58. The third-order valence-electron chi connectivity index (χ3n) is 2.52. The summed E-state index contributed by atoms with van der Waals surface area (Å²) in [6.45, 7) is 0. The molecule has 0 atom stereocenters. The van der Waals surface area contributed by atoms with E-state index >= 15 is 0 Å². The van der Waals surface area contributed by atoms with Gasteiger partial charge in [-0.15, -0.1) is 0 Å². The van der Waals surface area contributed by atoms with Crippen LogP contribution < -0.4 is 3.71 Å². The molecule has 68 valence electrons. The Bertz CT molecular complexity index is 244. The summed E-state index contributed by atoms with van der Waals surface area (Å²) in [6.07, 6.45) is 12.9. The van der Waals surface area contributed by atoms with Crippen LogP contribution in [-0.4, -0.2) is 31.1 Å². The third kappa shape index (κ3) is 2.93. The maximum atomic E-state index is 4.39. The van der Waals surface area contributed by atoms with E-state index < -0.39 is 21.1 Å². The van der Waals surface area contributed by atoms with Crippen molar-refractivity contribution in [3.8, 4) is 0 Å². The summed E-state index contributed by atoms with van der Waals surface area (Å²) >= 11 is -0.414. The van der Waals surface area contributed by atoms with E-state index in [1.807, 2.05) is 12.4 Å². The summed E-state index contributed by atoms with van der Waals surface area (Å²) in [6, 6.07) is 0. The number of hydrogen-bond donors (Lipinski definition) is 0. The minimum absolute atomic E-state index is 0.414. The Morgan fingerprint density at radius 2 is 2.00 bits per heavy atom. The zero-order chi connectivity index (χ0) is 8.93. The van der Waals surface area contributed by atoms with Crippen LogP contribution in [0.4, 0.5) is 0 Å². The molecular weight excluding hydrogens is 267 g/mol. The summed E-state index contributed by atoms with van der Waals surface area (Å²) < 4.78 is 2.37. The van der Waals surface area contributed by atoms with Crippen LogP contribution in [0.25, 0.3) is 0 Å². The van der Waals surface area contributed by atoms with Gasteiger partial charge in [0.15, 0.2) is 0 Å². The van der Waals surface area contributed by atoms with Crippen molar-refractivity contribution in [2.45, 2.75) is 36.0 Å². The zero-order valence-electron chi connectivity index (χ0n) is 7.74. The summed E-state index contributed by atoms with van der Waals surface area (Å²) in [5.41, 5.74) is 0. The number of aromatic nitrogens is 2. The summed E-state index contributed by atoms with van der Waals surface area (Å²) in [7, 11) is 0. The van der Waals surface area contributed by atoms with Gasteiger partial charge in [0.2, 0.25) is 0 Å². The normalized spacial score (nSPS) is 18.8. The molecule has 0 amide bonds. The van der Waals surface area contributed by atoms with E-state index in [4.69, 9.17) is 0 Å². The molecule has 0 unspecified atom stereocenters. The predicted molar refractivity (Wildman–Crippen MR) is 54.3 cm³/mol. The molecule has 13 heavy (non-hydrogen) atoms. The van der Waals surface area contributed by atoms with Crippen LogP contribution in [0.15, 0.2) is 18.6 Å². The van der Waals surface area contributed by atoms with Crippen LogP contribution in [-0.2, 0) is 0 Å². The molecule has 1 aromatic heterocycles. The number of hydrogen-bond acceptors (Lipinski definition) is 2. The molecule has 1 aliphatic rings. The molecule has 1 aromatic rings. The van der Waals surface area contributed by atoms with Crippen molar-refractivity contribution in [2.24, 2.45) is 0 Å². The first-order valence-corrected chi connectivity index (χ1v) is 8.05. The van der Waals surface area contributed by atoms with Gasteiger partial charge in [-0.05, 0) is 0 Å². The molecule has 0 bridgehead atoms. The topological polar surface area (TPSA) is 25.8 Å². The van der Waals surface area contributed by atoms with Crippen molar-refractivity contribution in [3.63, 3.8) is 0 Å². The average Bonchev–Trinajstić information content (AvgIpc) is 2.21. The molecule has 0 saturated heterocycles. The molecule has 1 aliphatic carbocycles. The molecule has 0 aromatic carbocycles. The molecule has 0 spiro atoms. The van der Waals surface area contributed by atoms with Crippen LogP contribution in [0, 0.1) is 0 Å². The van der Waals surface area contributed by atoms with Gasteiger partial charge in [0.25, 0.3) is 0 Å². The molecule has 0 N–H and O–H groups in total. The van der Waals surface area contributed by atoms with Crippen molar-refractivity contribution in [1.82, 2.24) is 9.97 Å². The van der Waals surface area contributed by atoms with Crippen LogP contribution >= 0.6 is 0 Å². The summed E-state index contributed by atoms with van der Waals surface area (Å²) in [4.78, 5) is 8.52. The van der Waals surface area contributed by atoms with Gasteiger partial charge < -0.3 is 0 Å². The van der Waals surface area contributed by atoms with E-state index in [-0.39, 0.29) is 0 Å². The number of rotatable bonds is 2. The SMILES string of the molecule is c1cn[c]([Sn][CH]2CCCCC2)cn1. The standard InChI is InChI=1S/C6H11.C4H3N2.Sn/c1-2-4-6-5-3-1;1-2-6-4-3-5-1;/h1H,2-6H2;1-3H;. The Morgan fingerprint density at radius 1 is 1.15 bits per heavy atom. The van der Waals surface area contributed by atoms with Gasteiger partial charge in [0, 0.05) is 0 Å². The fraction of sp³-hybridized carbons (Fsp3) is 0.600. The first-order chi connectivity index (χ1) is 6.45. The fourth-order valence-corrected chi connectivity index (χ4v) is 5.86. The number of nitrogens with zero attached hydrogens (tertiary/aromatic N) is 2. The molecule has 2 rings (SSSR count). The first kappa shape index (κ1) is 9.43.